The van der Waals surface area contributed by atoms with Gasteiger partial charge in [0.2, 0.25) is 0 Å². The zero-order valence-electron chi connectivity index (χ0n) is 7.00. The third-order valence-electron chi connectivity index (χ3n) is 1.80. The minimum absolute atomic E-state index is 0.189. The molecule has 0 aliphatic heterocycles. The maximum atomic E-state index is 12.7. The molecule has 0 saturated heterocycles. The second-order valence-electron chi connectivity index (χ2n) is 2.73. The SMILES string of the molecule is O=c1cc[nH]n1-c1ccc(F)cc1Cl. The van der Waals surface area contributed by atoms with Gasteiger partial charge in [-0.2, -0.15) is 0 Å². The summed E-state index contributed by atoms with van der Waals surface area (Å²) in [4.78, 5) is 11.2. The third kappa shape index (κ3) is 1.44. The molecular formula is C9H6ClFN2O. The Labute approximate surface area is 83.7 Å². The van der Waals surface area contributed by atoms with Gasteiger partial charge in [-0.1, -0.05) is 11.6 Å². The van der Waals surface area contributed by atoms with Gasteiger partial charge in [0.05, 0.1) is 10.7 Å². The van der Waals surface area contributed by atoms with Crippen LogP contribution in [0.3, 0.4) is 0 Å². The summed E-state index contributed by atoms with van der Waals surface area (Å²) in [5.41, 5.74) is 0.196. The van der Waals surface area contributed by atoms with Crippen LogP contribution in [0.4, 0.5) is 4.39 Å². The first-order valence-electron chi connectivity index (χ1n) is 3.90. The van der Waals surface area contributed by atoms with E-state index in [2.05, 4.69) is 5.10 Å². The Morgan fingerprint density at radius 3 is 2.71 bits per heavy atom. The lowest BCUT2D eigenvalue weighted by molar-refractivity contribution is 0.627. The Bertz CT molecular complexity index is 518. The molecule has 0 spiro atoms. The van der Waals surface area contributed by atoms with Crippen molar-refractivity contribution in [2.45, 2.75) is 0 Å². The molecule has 14 heavy (non-hydrogen) atoms. The number of benzene rings is 1. The Hall–Kier alpha value is -1.55. The fraction of sp³-hybridized carbons (Fsp3) is 0. The lowest BCUT2D eigenvalue weighted by atomic mass is 10.3. The lowest BCUT2D eigenvalue weighted by Crippen LogP contribution is -2.13. The highest BCUT2D eigenvalue weighted by Gasteiger charge is 2.05. The van der Waals surface area contributed by atoms with Crippen molar-refractivity contribution < 1.29 is 4.39 Å². The van der Waals surface area contributed by atoms with Crippen LogP contribution in [0, 0.1) is 5.82 Å². The van der Waals surface area contributed by atoms with E-state index >= 15 is 0 Å². The lowest BCUT2D eigenvalue weighted by Gasteiger charge is -2.03. The summed E-state index contributed by atoms with van der Waals surface area (Å²) in [6, 6.07) is 5.20. The molecule has 0 aliphatic carbocycles. The number of aromatic amines is 1. The Morgan fingerprint density at radius 1 is 1.36 bits per heavy atom. The fourth-order valence-electron chi connectivity index (χ4n) is 1.17. The van der Waals surface area contributed by atoms with Gasteiger partial charge in [0.15, 0.2) is 0 Å². The van der Waals surface area contributed by atoms with E-state index in [0.29, 0.717) is 5.69 Å². The van der Waals surface area contributed by atoms with E-state index in [4.69, 9.17) is 11.6 Å². The highest BCUT2D eigenvalue weighted by molar-refractivity contribution is 6.32. The molecule has 2 rings (SSSR count). The van der Waals surface area contributed by atoms with Crippen LogP contribution in [0.5, 0.6) is 0 Å². The molecule has 0 fully saturated rings. The van der Waals surface area contributed by atoms with Gasteiger partial charge in [-0.15, -0.1) is 0 Å². The molecule has 5 heteroatoms. The maximum Gasteiger partial charge on any atom is 0.271 e. The molecule has 0 atom stereocenters. The normalized spacial score (nSPS) is 10.4. The van der Waals surface area contributed by atoms with Gasteiger partial charge in [-0.3, -0.25) is 9.89 Å². The molecule has 0 bridgehead atoms. The third-order valence-corrected chi connectivity index (χ3v) is 2.10. The van der Waals surface area contributed by atoms with E-state index in [-0.39, 0.29) is 10.6 Å². The highest BCUT2D eigenvalue weighted by Crippen LogP contribution is 2.19. The predicted octanol–water partition coefficient (Wildman–Crippen LogP) is 1.96. The summed E-state index contributed by atoms with van der Waals surface area (Å²) in [6.45, 7) is 0. The van der Waals surface area contributed by atoms with Gasteiger partial charge in [0.25, 0.3) is 5.56 Å². The van der Waals surface area contributed by atoms with Crippen molar-refractivity contribution >= 4 is 11.6 Å². The van der Waals surface area contributed by atoms with Gasteiger partial charge in [0.1, 0.15) is 5.82 Å². The van der Waals surface area contributed by atoms with E-state index in [1.54, 1.807) is 0 Å². The van der Waals surface area contributed by atoms with Gasteiger partial charge in [-0.05, 0) is 18.2 Å². The molecule has 2 aromatic rings. The summed E-state index contributed by atoms with van der Waals surface area (Å²) < 4.78 is 13.9. The standard InChI is InChI=1S/C9H6ClFN2O/c10-7-5-6(11)1-2-8(7)13-9(14)3-4-12-13/h1-5,12H. The van der Waals surface area contributed by atoms with Crippen LogP contribution in [0.15, 0.2) is 35.3 Å². The minimum atomic E-state index is -0.432. The second-order valence-corrected chi connectivity index (χ2v) is 3.14. The van der Waals surface area contributed by atoms with E-state index in [0.717, 1.165) is 6.07 Å². The van der Waals surface area contributed by atoms with Crippen molar-refractivity contribution in [1.82, 2.24) is 9.78 Å². The first kappa shape index (κ1) is 9.02. The summed E-state index contributed by atoms with van der Waals surface area (Å²) in [7, 11) is 0. The number of hydrogen-bond acceptors (Lipinski definition) is 1. The average molecular weight is 213 g/mol. The first-order valence-corrected chi connectivity index (χ1v) is 4.28. The quantitative estimate of drug-likeness (QED) is 0.771. The molecule has 0 radical (unpaired) electrons. The van der Waals surface area contributed by atoms with E-state index < -0.39 is 5.82 Å². The van der Waals surface area contributed by atoms with Crippen LogP contribution in [0.1, 0.15) is 0 Å². The van der Waals surface area contributed by atoms with E-state index in [9.17, 15) is 9.18 Å². The second kappa shape index (κ2) is 3.31. The number of hydrogen-bond donors (Lipinski definition) is 1. The number of halogens is 2. The van der Waals surface area contributed by atoms with Crippen molar-refractivity contribution in [3.05, 3.63) is 51.7 Å². The van der Waals surface area contributed by atoms with Crippen LogP contribution < -0.4 is 5.56 Å². The zero-order chi connectivity index (χ0) is 10.1. The van der Waals surface area contributed by atoms with Gasteiger partial charge < -0.3 is 0 Å². The summed E-state index contributed by atoms with van der Waals surface area (Å²) in [5.74, 6) is -0.432. The first-order chi connectivity index (χ1) is 6.68. The molecule has 0 unspecified atom stereocenters. The van der Waals surface area contributed by atoms with Crippen LogP contribution in [-0.2, 0) is 0 Å². The van der Waals surface area contributed by atoms with Crippen molar-refractivity contribution in [2.24, 2.45) is 0 Å². The van der Waals surface area contributed by atoms with E-state index in [1.807, 2.05) is 0 Å². The zero-order valence-corrected chi connectivity index (χ0v) is 7.75. The van der Waals surface area contributed by atoms with Crippen molar-refractivity contribution in [3.63, 3.8) is 0 Å². The topological polar surface area (TPSA) is 37.8 Å². The molecule has 1 aromatic carbocycles. The van der Waals surface area contributed by atoms with Crippen LogP contribution >= 0.6 is 11.6 Å². The fourth-order valence-corrected chi connectivity index (χ4v) is 1.42. The number of nitrogens with one attached hydrogen (secondary N) is 1. The minimum Gasteiger partial charge on any atom is -0.298 e. The largest absolute Gasteiger partial charge is 0.298 e. The molecule has 0 aliphatic rings. The number of nitrogens with zero attached hydrogens (tertiary/aromatic N) is 1. The number of H-pyrrole nitrogens is 1. The molecule has 1 aromatic heterocycles. The summed E-state index contributed by atoms with van der Waals surface area (Å²) >= 11 is 5.77. The molecule has 3 nitrogen and oxygen atoms in total. The highest BCUT2D eigenvalue weighted by atomic mass is 35.5. The van der Waals surface area contributed by atoms with Crippen LogP contribution in [0.25, 0.3) is 5.69 Å². The maximum absolute atomic E-state index is 12.7. The van der Waals surface area contributed by atoms with Crippen molar-refractivity contribution in [2.75, 3.05) is 0 Å². The number of aromatic nitrogens is 2. The van der Waals surface area contributed by atoms with Gasteiger partial charge >= 0.3 is 0 Å². The average Bonchev–Trinajstić information content (AvgIpc) is 2.52. The molecule has 0 saturated carbocycles. The molecule has 72 valence electrons. The summed E-state index contributed by atoms with van der Waals surface area (Å²) in [5, 5.41) is 2.87. The Balaban J connectivity index is 2.63. The smallest absolute Gasteiger partial charge is 0.271 e. The van der Waals surface area contributed by atoms with Crippen LogP contribution in [0.2, 0.25) is 5.02 Å². The molecule has 1 N–H and O–H groups in total. The van der Waals surface area contributed by atoms with Gasteiger partial charge in [-0.25, -0.2) is 9.07 Å². The monoisotopic (exact) mass is 212 g/mol. The molecular weight excluding hydrogens is 207 g/mol. The predicted molar refractivity (Wildman–Crippen MR) is 51.4 cm³/mol. The van der Waals surface area contributed by atoms with Crippen molar-refractivity contribution in [1.29, 1.82) is 0 Å². The summed E-state index contributed by atoms with van der Waals surface area (Å²) in [6.07, 6.45) is 1.49. The molecule has 0 amide bonds. The van der Waals surface area contributed by atoms with Crippen molar-refractivity contribution in [3.8, 4) is 5.69 Å². The Morgan fingerprint density at radius 2 is 2.14 bits per heavy atom. The van der Waals surface area contributed by atoms with Crippen LogP contribution in [-0.4, -0.2) is 9.78 Å². The Kier molecular flexibility index (Phi) is 2.13. The number of rotatable bonds is 1. The van der Waals surface area contributed by atoms with E-state index in [1.165, 1.54) is 29.1 Å². The van der Waals surface area contributed by atoms with Gasteiger partial charge in [0, 0.05) is 12.3 Å². The molecule has 1 heterocycles.